The number of aromatic nitrogens is 2. The Morgan fingerprint density at radius 2 is 1.41 bits per heavy atom. The molecule has 0 bridgehead atoms. The van der Waals surface area contributed by atoms with Crippen LogP contribution in [-0.2, 0) is 41.6 Å². The van der Waals surface area contributed by atoms with Gasteiger partial charge in [0.25, 0.3) is 11.4 Å². The lowest BCUT2D eigenvalue weighted by atomic mass is 9.77. The molecule has 0 saturated heterocycles. The molecule has 23 heteroatoms. The first kappa shape index (κ1) is 55.8. The number of benzene rings is 2. The van der Waals surface area contributed by atoms with Crippen LogP contribution >= 0.6 is 0 Å². The molecule has 0 aliphatic heterocycles. The standard InChI is InChI=1S/C47H67BN10O12/c1-9-39(48(65)66)53-42(60)34(21-27(2)3)52-46(64)41(47(6,7)8)55-44(62)35(22-31-18-14-13-15-28(31)4)51-45(63)40(30-16-11-10-12-17-30)54-43(61)36(50-29(5)59)23-32-25-56(26-49-32)37-20-19-33(57(67)68)24-38(37)58(69)70/h13-15,18-20,24-27,30,34-36,39-41,65-66H,9-12,16-17,21-23H2,1-8H3,(H,50,59)(H,51,63)(H,52,64)(H,53,60)(H,54,61)(H,55,62)/t34-,35-,36-,39?,40-,41+/m0/s1. The van der Waals surface area contributed by atoms with E-state index in [-0.39, 0.29) is 48.9 Å². The number of nitro benzene ring substituents is 2. The molecular formula is C47H67BN10O12. The molecule has 70 heavy (non-hydrogen) atoms. The zero-order chi connectivity index (χ0) is 52.0. The highest BCUT2D eigenvalue weighted by Crippen LogP contribution is 2.29. The highest BCUT2D eigenvalue weighted by Gasteiger charge is 2.40. The molecule has 1 fully saturated rings. The number of imidazole rings is 1. The van der Waals surface area contributed by atoms with Gasteiger partial charge in [-0.25, -0.2) is 4.98 Å². The summed E-state index contributed by atoms with van der Waals surface area (Å²) in [5.41, 5.74) is -0.287. The lowest BCUT2D eigenvalue weighted by molar-refractivity contribution is -0.394. The van der Waals surface area contributed by atoms with Crippen LogP contribution < -0.4 is 31.9 Å². The van der Waals surface area contributed by atoms with E-state index in [1.54, 1.807) is 39.8 Å². The molecule has 1 aromatic heterocycles. The first-order valence-electron chi connectivity index (χ1n) is 23.6. The van der Waals surface area contributed by atoms with Crippen molar-refractivity contribution in [3.8, 4) is 5.69 Å². The maximum absolute atomic E-state index is 14.7. The van der Waals surface area contributed by atoms with Crippen LogP contribution in [-0.4, -0.2) is 108 Å². The molecule has 380 valence electrons. The van der Waals surface area contributed by atoms with Crippen LogP contribution in [0.2, 0.25) is 0 Å². The van der Waals surface area contributed by atoms with E-state index in [0.29, 0.717) is 18.4 Å². The summed E-state index contributed by atoms with van der Waals surface area (Å²) in [5, 5.41) is 59.3. The number of nitrogens with one attached hydrogen (secondary N) is 6. The van der Waals surface area contributed by atoms with Crippen molar-refractivity contribution in [2.24, 2.45) is 17.3 Å². The molecule has 4 rings (SSSR count). The van der Waals surface area contributed by atoms with Crippen molar-refractivity contribution in [1.82, 2.24) is 41.5 Å². The Labute approximate surface area is 407 Å². The summed E-state index contributed by atoms with van der Waals surface area (Å²) in [7, 11) is -1.83. The second-order valence-corrected chi connectivity index (χ2v) is 19.4. The lowest BCUT2D eigenvalue weighted by Crippen LogP contribution is -2.63. The zero-order valence-electron chi connectivity index (χ0n) is 41.0. The number of rotatable bonds is 23. The fourth-order valence-electron chi connectivity index (χ4n) is 8.45. The summed E-state index contributed by atoms with van der Waals surface area (Å²) in [4.78, 5) is 110. The minimum atomic E-state index is -1.83. The Kier molecular flexibility index (Phi) is 20.1. The largest absolute Gasteiger partial charge is 0.475 e. The first-order chi connectivity index (χ1) is 32.9. The van der Waals surface area contributed by atoms with Gasteiger partial charge >= 0.3 is 7.12 Å². The fraction of sp³-hybridized carbons (Fsp3) is 0.553. The van der Waals surface area contributed by atoms with Gasteiger partial charge in [-0.15, -0.1) is 0 Å². The van der Waals surface area contributed by atoms with E-state index in [1.807, 2.05) is 32.9 Å². The molecule has 0 spiro atoms. The first-order valence-corrected chi connectivity index (χ1v) is 23.6. The van der Waals surface area contributed by atoms with E-state index in [0.717, 1.165) is 37.0 Å². The van der Waals surface area contributed by atoms with Gasteiger partial charge in [0.1, 0.15) is 35.9 Å². The van der Waals surface area contributed by atoms with E-state index in [4.69, 9.17) is 0 Å². The average Bonchev–Trinajstić information content (AvgIpc) is 3.76. The zero-order valence-corrected chi connectivity index (χ0v) is 41.0. The summed E-state index contributed by atoms with van der Waals surface area (Å²) in [6, 6.07) is 4.24. The van der Waals surface area contributed by atoms with Gasteiger partial charge in [-0.05, 0) is 67.1 Å². The van der Waals surface area contributed by atoms with Gasteiger partial charge in [0, 0.05) is 32.0 Å². The molecule has 22 nitrogen and oxygen atoms in total. The SMILES string of the molecule is CCC(NC(=O)[C@H](CC(C)C)NC(=O)[C@@H](NC(=O)[C@H](Cc1ccccc1C)NC(=O)[C@@H](NC(=O)[C@H](Cc1cn(-c2ccc([N+](=O)[O-])cc2[N+](=O)[O-])cn1)NC(C)=O)C1CCCCC1)C(C)(C)C)B(O)O. The molecule has 6 atom stereocenters. The summed E-state index contributed by atoms with van der Waals surface area (Å²) in [6.45, 7) is 13.6. The monoisotopic (exact) mass is 975 g/mol. The third-order valence-electron chi connectivity index (χ3n) is 12.3. The second kappa shape index (κ2) is 25.2. The van der Waals surface area contributed by atoms with E-state index in [9.17, 15) is 59.0 Å². The molecule has 3 aromatic rings. The molecule has 1 unspecified atom stereocenters. The normalized spacial score (nSPS) is 15.5. The highest BCUT2D eigenvalue weighted by atomic mass is 16.6. The number of hydrogen-bond donors (Lipinski definition) is 8. The van der Waals surface area contributed by atoms with E-state index >= 15 is 0 Å². The summed E-state index contributed by atoms with van der Waals surface area (Å²) in [6.07, 6.45) is 6.31. The topological polar surface area (TPSA) is 319 Å². The van der Waals surface area contributed by atoms with Crippen molar-refractivity contribution in [1.29, 1.82) is 0 Å². The molecule has 1 heterocycles. The van der Waals surface area contributed by atoms with Crippen molar-refractivity contribution >= 4 is 53.9 Å². The quantitative estimate of drug-likeness (QED) is 0.0386. The van der Waals surface area contributed by atoms with Crippen molar-refractivity contribution < 1.29 is 48.7 Å². The van der Waals surface area contributed by atoms with Gasteiger partial charge in [-0.2, -0.15) is 0 Å². The number of nitrogens with zero attached hydrogens (tertiary/aromatic N) is 4. The van der Waals surface area contributed by atoms with Crippen molar-refractivity contribution in [2.75, 3.05) is 0 Å². The van der Waals surface area contributed by atoms with Crippen molar-refractivity contribution in [3.63, 3.8) is 0 Å². The van der Waals surface area contributed by atoms with E-state index in [2.05, 4.69) is 36.9 Å². The Hall–Kier alpha value is -6.75. The number of nitro groups is 2. The Bertz CT molecular complexity index is 2360. The van der Waals surface area contributed by atoms with Crippen molar-refractivity contribution in [3.05, 3.63) is 92.0 Å². The van der Waals surface area contributed by atoms with Gasteiger partial charge in [0.15, 0.2) is 0 Å². The average molecular weight is 975 g/mol. The summed E-state index contributed by atoms with van der Waals surface area (Å²) < 4.78 is 1.26. The van der Waals surface area contributed by atoms with Crippen LogP contribution in [0.5, 0.6) is 0 Å². The van der Waals surface area contributed by atoms with Crippen LogP contribution in [0.1, 0.15) is 110 Å². The van der Waals surface area contributed by atoms with Crippen LogP contribution in [0.4, 0.5) is 11.4 Å². The molecule has 1 aliphatic rings. The predicted octanol–water partition coefficient (Wildman–Crippen LogP) is 2.81. The number of hydrogen-bond acceptors (Lipinski definition) is 13. The number of amides is 6. The van der Waals surface area contributed by atoms with Crippen LogP contribution in [0.25, 0.3) is 5.69 Å². The van der Waals surface area contributed by atoms with Crippen LogP contribution in [0.3, 0.4) is 0 Å². The Balaban J connectivity index is 1.65. The Morgan fingerprint density at radius 1 is 0.800 bits per heavy atom. The van der Waals surface area contributed by atoms with Gasteiger partial charge in [-0.1, -0.05) is 85.1 Å². The number of carbonyl (C=O) groups is 6. The minimum Gasteiger partial charge on any atom is -0.426 e. The lowest BCUT2D eigenvalue weighted by Gasteiger charge is -2.35. The van der Waals surface area contributed by atoms with Gasteiger partial charge < -0.3 is 41.9 Å². The molecule has 1 saturated carbocycles. The third-order valence-corrected chi connectivity index (χ3v) is 12.3. The number of aryl methyl sites for hydroxylation is 1. The van der Waals surface area contributed by atoms with E-state index in [1.165, 1.54) is 30.1 Å². The minimum absolute atomic E-state index is 0.0154. The fourth-order valence-corrected chi connectivity index (χ4v) is 8.45. The number of carbonyl (C=O) groups excluding carboxylic acids is 6. The van der Waals surface area contributed by atoms with Crippen LogP contribution in [0, 0.1) is 44.4 Å². The maximum Gasteiger partial charge on any atom is 0.475 e. The molecule has 8 N–H and O–H groups in total. The predicted molar refractivity (Wildman–Crippen MR) is 259 cm³/mol. The van der Waals surface area contributed by atoms with Gasteiger partial charge in [0.05, 0.1) is 33.9 Å². The van der Waals surface area contributed by atoms with Gasteiger partial charge in [-0.3, -0.25) is 53.6 Å². The van der Waals surface area contributed by atoms with Gasteiger partial charge in [0.2, 0.25) is 35.4 Å². The van der Waals surface area contributed by atoms with Crippen molar-refractivity contribution in [2.45, 2.75) is 149 Å². The van der Waals surface area contributed by atoms with Crippen LogP contribution in [0.15, 0.2) is 55.0 Å². The molecule has 6 amide bonds. The molecule has 1 aliphatic carbocycles. The summed E-state index contributed by atoms with van der Waals surface area (Å²) >= 11 is 0. The maximum atomic E-state index is 14.7. The smallest absolute Gasteiger partial charge is 0.426 e. The molecule has 0 radical (unpaired) electrons. The van der Waals surface area contributed by atoms with E-state index < -0.39 is 105 Å². The number of non-ortho nitro benzene ring substituents is 1. The summed E-state index contributed by atoms with van der Waals surface area (Å²) in [5.74, 6) is -5.50. The second-order valence-electron chi connectivity index (χ2n) is 19.4. The Morgan fingerprint density at radius 3 is 1.99 bits per heavy atom. The highest BCUT2D eigenvalue weighted by molar-refractivity contribution is 6.43. The molecule has 2 aromatic carbocycles. The third kappa shape index (κ3) is 15.9. The molecular weight excluding hydrogens is 907 g/mol.